The van der Waals surface area contributed by atoms with Crippen molar-refractivity contribution in [1.82, 2.24) is 5.32 Å². The summed E-state index contributed by atoms with van der Waals surface area (Å²) in [5, 5.41) is 3.14. The Kier molecular flexibility index (Phi) is 3.95. The monoisotopic (exact) mass is 257 g/mol. The van der Waals surface area contributed by atoms with Gasteiger partial charge < -0.3 is 5.32 Å². The van der Waals surface area contributed by atoms with E-state index in [4.69, 9.17) is 0 Å². The van der Waals surface area contributed by atoms with Crippen LogP contribution in [0.5, 0.6) is 0 Å². The van der Waals surface area contributed by atoms with Crippen molar-refractivity contribution in [2.24, 2.45) is 5.41 Å². The van der Waals surface area contributed by atoms with Gasteiger partial charge in [-0.05, 0) is 24.3 Å². The molecule has 18 heavy (non-hydrogen) atoms. The van der Waals surface area contributed by atoms with Gasteiger partial charge in [-0.15, -0.1) is 0 Å². The first-order valence-corrected chi connectivity index (χ1v) is 6.34. The Labute approximate surface area is 105 Å². The van der Waals surface area contributed by atoms with Gasteiger partial charge in [0.05, 0.1) is 0 Å². The molecule has 0 aliphatic heterocycles. The second-order valence-electron chi connectivity index (χ2n) is 5.48. The minimum atomic E-state index is -1.14. The van der Waals surface area contributed by atoms with Crippen molar-refractivity contribution in [2.45, 2.75) is 39.2 Å². The van der Waals surface area contributed by atoms with E-state index in [0.717, 1.165) is 12.6 Å². The third kappa shape index (κ3) is 3.05. The standard InChI is InChI=1S/C14H18F3N/c1-14(4-2-3-5-14)9-18-8-10-6-12(16)13(17)7-11(10)15/h6-7,18H,2-5,8-9H2,1H3. The molecule has 0 unspecified atom stereocenters. The number of nitrogens with one attached hydrogen (secondary N) is 1. The first-order chi connectivity index (χ1) is 8.50. The highest BCUT2D eigenvalue weighted by Crippen LogP contribution is 2.36. The quantitative estimate of drug-likeness (QED) is 0.809. The van der Waals surface area contributed by atoms with E-state index in [2.05, 4.69) is 12.2 Å². The molecule has 0 bridgehead atoms. The predicted octanol–water partition coefficient (Wildman–Crippen LogP) is 3.77. The Morgan fingerprint density at radius 2 is 1.67 bits per heavy atom. The van der Waals surface area contributed by atoms with E-state index in [1.807, 2.05) is 0 Å². The SMILES string of the molecule is CC1(CNCc2cc(F)c(F)cc2F)CCCC1. The zero-order valence-electron chi connectivity index (χ0n) is 10.5. The average Bonchev–Trinajstić information content (AvgIpc) is 2.73. The fourth-order valence-corrected chi connectivity index (χ4v) is 2.60. The van der Waals surface area contributed by atoms with Gasteiger partial charge >= 0.3 is 0 Å². The maximum absolute atomic E-state index is 13.4. The topological polar surface area (TPSA) is 12.0 Å². The molecule has 0 amide bonds. The molecule has 1 aliphatic carbocycles. The molecule has 1 nitrogen and oxygen atoms in total. The summed E-state index contributed by atoms with van der Waals surface area (Å²) in [5.41, 5.74) is 0.435. The molecule has 4 heteroatoms. The van der Waals surface area contributed by atoms with Gasteiger partial charge in [0.25, 0.3) is 0 Å². The second-order valence-corrected chi connectivity index (χ2v) is 5.48. The smallest absolute Gasteiger partial charge is 0.161 e. The molecule has 2 rings (SSSR count). The van der Waals surface area contributed by atoms with Gasteiger partial charge in [0.15, 0.2) is 11.6 Å². The van der Waals surface area contributed by atoms with E-state index in [1.54, 1.807) is 0 Å². The molecule has 100 valence electrons. The Hall–Kier alpha value is -1.03. The van der Waals surface area contributed by atoms with E-state index in [9.17, 15) is 13.2 Å². The molecular formula is C14H18F3N. The van der Waals surface area contributed by atoms with Crippen molar-refractivity contribution in [1.29, 1.82) is 0 Å². The molecule has 1 aliphatic rings. The zero-order chi connectivity index (χ0) is 13.2. The number of rotatable bonds is 4. The molecule has 1 aromatic carbocycles. The summed E-state index contributed by atoms with van der Waals surface area (Å²) in [6.45, 7) is 3.22. The molecule has 0 radical (unpaired) electrons. The van der Waals surface area contributed by atoms with Crippen molar-refractivity contribution in [2.75, 3.05) is 6.54 Å². The van der Waals surface area contributed by atoms with Gasteiger partial charge in [0, 0.05) is 24.7 Å². The average molecular weight is 257 g/mol. The number of benzene rings is 1. The molecule has 0 spiro atoms. The highest BCUT2D eigenvalue weighted by atomic mass is 19.2. The molecule has 1 fully saturated rings. The van der Waals surface area contributed by atoms with Gasteiger partial charge in [-0.2, -0.15) is 0 Å². The van der Waals surface area contributed by atoms with Crippen LogP contribution >= 0.6 is 0 Å². The van der Waals surface area contributed by atoms with Crippen molar-refractivity contribution in [3.63, 3.8) is 0 Å². The lowest BCUT2D eigenvalue weighted by atomic mass is 9.89. The number of hydrogen-bond acceptors (Lipinski definition) is 1. The van der Waals surface area contributed by atoms with Gasteiger partial charge in [0.2, 0.25) is 0 Å². The normalized spacial score (nSPS) is 18.2. The van der Waals surface area contributed by atoms with Crippen LogP contribution in [0.3, 0.4) is 0 Å². The van der Waals surface area contributed by atoms with Crippen LogP contribution in [-0.2, 0) is 6.54 Å². The Morgan fingerprint density at radius 3 is 2.33 bits per heavy atom. The van der Waals surface area contributed by atoms with E-state index in [-0.39, 0.29) is 17.5 Å². The van der Waals surface area contributed by atoms with Gasteiger partial charge in [-0.3, -0.25) is 0 Å². The highest BCUT2D eigenvalue weighted by molar-refractivity contribution is 5.19. The minimum Gasteiger partial charge on any atom is -0.312 e. The van der Waals surface area contributed by atoms with Gasteiger partial charge in [0.1, 0.15) is 5.82 Å². The van der Waals surface area contributed by atoms with Crippen LogP contribution in [0.1, 0.15) is 38.2 Å². The van der Waals surface area contributed by atoms with Crippen molar-refractivity contribution in [3.05, 3.63) is 35.1 Å². The van der Waals surface area contributed by atoms with Crippen LogP contribution in [0.25, 0.3) is 0 Å². The Bertz CT molecular complexity index is 425. The third-order valence-electron chi connectivity index (χ3n) is 3.77. The summed E-state index contributed by atoms with van der Waals surface area (Å²) in [4.78, 5) is 0. The number of hydrogen-bond donors (Lipinski definition) is 1. The van der Waals surface area contributed by atoms with Crippen LogP contribution in [0.2, 0.25) is 0 Å². The van der Waals surface area contributed by atoms with E-state index >= 15 is 0 Å². The van der Waals surface area contributed by atoms with Crippen LogP contribution in [-0.4, -0.2) is 6.54 Å². The fraction of sp³-hybridized carbons (Fsp3) is 0.571. The minimum absolute atomic E-state index is 0.176. The van der Waals surface area contributed by atoms with Gasteiger partial charge in [-0.25, -0.2) is 13.2 Å². The van der Waals surface area contributed by atoms with Crippen molar-refractivity contribution >= 4 is 0 Å². The van der Waals surface area contributed by atoms with Crippen LogP contribution in [0.4, 0.5) is 13.2 Å². The van der Waals surface area contributed by atoms with E-state index in [0.29, 0.717) is 6.07 Å². The molecule has 1 saturated carbocycles. The number of halogens is 3. The summed E-state index contributed by atoms with van der Waals surface area (Å²) >= 11 is 0. The first-order valence-electron chi connectivity index (χ1n) is 6.34. The second kappa shape index (κ2) is 5.31. The van der Waals surface area contributed by atoms with E-state index in [1.165, 1.54) is 25.7 Å². The highest BCUT2D eigenvalue weighted by Gasteiger charge is 2.27. The fourth-order valence-electron chi connectivity index (χ4n) is 2.60. The third-order valence-corrected chi connectivity index (χ3v) is 3.77. The van der Waals surface area contributed by atoms with E-state index < -0.39 is 17.5 Å². The first kappa shape index (κ1) is 13.4. The van der Waals surface area contributed by atoms with Crippen LogP contribution in [0.15, 0.2) is 12.1 Å². The lowest BCUT2D eigenvalue weighted by molar-refractivity contribution is 0.313. The maximum atomic E-state index is 13.4. The molecule has 0 aromatic heterocycles. The summed E-state index contributed by atoms with van der Waals surface area (Å²) in [5.74, 6) is -2.84. The molecule has 0 atom stereocenters. The Morgan fingerprint density at radius 1 is 1.06 bits per heavy atom. The van der Waals surface area contributed by atoms with Gasteiger partial charge in [-0.1, -0.05) is 19.8 Å². The lowest BCUT2D eigenvalue weighted by Gasteiger charge is -2.23. The maximum Gasteiger partial charge on any atom is 0.161 e. The largest absolute Gasteiger partial charge is 0.312 e. The Balaban J connectivity index is 1.92. The molecular weight excluding hydrogens is 239 g/mol. The summed E-state index contributed by atoms with van der Waals surface area (Å²) in [7, 11) is 0. The molecule has 0 heterocycles. The lowest BCUT2D eigenvalue weighted by Crippen LogP contribution is -2.29. The van der Waals surface area contributed by atoms with Crippen LogP contribution in [0, 0.1) is 22.9 Å². The summed E-state index contributed by atoms with van der Waals surface area (Å²) < 4.78 is 39.1. The van der Waals surface area contributed by atoms with Crippen molar-refractivity contribution in [3.8, 4) is 0 Å². The zero-order valence-corrected chi connectivity index (χ0v) is 10.5. The summed E-state index contributed by atoms with van der Waals surface area (Å²) in [6, 6.07) is 1.53. The predicted molar refractivity (Wildman–Crippen MR) is 64.6 cm³/mol. The molecule has 0 saturated heterocycles. The van der Waals surface area contributed by atoms with Crippen molar-refractivity contribution < 1.29 is 13.2 Å². The summed E-state index contributed by atoms with van der Waals surface area (Å²) in [6.07, 6.45) is 4.80. The van der Waals surface area contributed by atoms with Crippen LogP contribution < -0.4 is 5.32 Å². The molecule has 1 N–H and O–H groups in total. The molecule has 1 aromatic rings.